The number of hydrogen-bond acceptors (Lipinski definition) is 5. The average molecular weight is 268 g/mol. The lowest BCUT2D eigenvalue weighted by Gasteiger charge is -2.23. The van der Waals surface area contributed by atoms with Gasteiger partial charge < -0.3 is 10.6 Å². The molecule has 0 unspecified atom stereocenters. The summed E-state index contributed by atoms with van der Waals surface area (Å²) in [6, 6.07) is 0.374. The van der Waals surface area contributed by atoms with Gasteiger partial charge in [-0.25, -0.2) is 4.98 Å². The molecule has 1 aliphatic rings. The van der Waals surface area contributed by atoms with Crippen molar-refractivity contribution in [3.05, 3.63) is 12.4 Å². The van der Waals surface area contributed by atoms with Crippen LogP contribution in [0.25, 0.3) is 0 Å². The average Bonchev–Trinajstić information content (AvgIpc) is 2.40. The maximum absolute atomic E-state index is 11.3. The van der Waals surface area contributed by atoms with E-state index >= 15 is 0 Å². The first-order valence-electron chi connectivity index (χ1n) is 6.45. The van der Waals surface area contributed by atoms with Crippen molar-refractivity contribution in [2.75, 3.05) is 28.7 Å². The van der Waals surface area contributed by atoms with Gasteiger partial charge in [-0.15, -0.1) is 0 Å². The van der Waals surface area contributed by atoms with Crippen molar-refractivity contribution < 1.29 is 4.21 Å². The summed E-state index contributed by atoms with van der Waals surface area (Å²) in [6.07, 6.45) is 6.43. The molecule has 1 aromatic rings. The van der Waals surface area contributed by atoms with E-state index in [-0.39, 0.29) is 0 Å². The van der Waals surface area contributed by atoms with Crippen molar-refractivity contribution in [1.82, 2.24) is 9.97 Å². The SMILES string of the molecule is CCCNc1cncc(NC2CCS(=O)CC2)n1. The molecule has 0 spiro atoms. The van der Waals surface area contributed by atoms with Gasteiger partial charge in [-0.05, 0) is 19.3 Å². The molecule has 18 heavy (non-hydrogen) atoms. The van der Waals surface area contributed by atoms with Crippen LogP contribution < -0.4 is 10.6 Å². The lowest BCUT2D eigenvalue weighted by Crippen LogP contribution is -2.29. The highest BCUT2D eigenvalue weighted by Gasteiger charge is 2.17. The molecule has 0 aliphatic carbocycles. The van der Waals surface area contributed by atoms with Gasteiger partial charge in [0.05, 0.1) is 12.4 Å². The molecule has 2 heterocycles. The largest absolute Gasteiger partial charge is 0.369 e. The fourth-order valence-corrected chi connectivity index (χ4v) is 3.22. The van der Waals surface area contributed by atoms with Gasteiger partial charge in [-0.3, -0.25) is 9.19 Å². The highest BCUT2D eigenvalue weighted by atomic mass is 32.2. The Balaban J connectivity index is 1.90. The standard InChI is InChI=1S/C12H20N4OS/c1-2-5-14-11-8-13-9-12(16-11)15-10-3-6-18(17)7-4-10/h8-10H,2-7H2,1H3,(H2,14,15,16). The van der Waals surface area contributed by atoms with Gasteiger partial charge in [0, 0.05) is 34.9 Å². The van der Waals surface area contributed by atoms with Crippen LogP contribution >= 0.6 is 0 Å². The molecule has 0 amide bonds. The van der Waals surface area contributed by atoms with Crippen LogP contribution in [0, 0.1) is 0 Å². The smallest absolute Gasteiger partial charge is 0.147 e. The molecule has 5 nitrogen and oxygen atoms in total. The third-order valence-electron chi connectivity index (χ3n) is 2.93. The Kier molecular flexibility index (Phi) is 4.92. The zero-order chi connectivity index (χ0) is 12.8. The molecule has 1 aromatic heterocycles. The van der Waals surface area contributed by atoms with Crippen molar-refractivity contribution in [3.63, 3.8) is 0 Å². The maximum Gasteiger partial charge on any atom is 0.147 e. The summed E-state index contributed by atoms with van der Waals surface area (Å²) >= 11 is 0. The van der Waals surface area contributed by atoms with Gasteiger partial charge >= 0.3 is 0 Å². The van der Waals surface area contributed by atoms with E-state index in [1.165, 1.54) is 0 Å². The summed E-state index contributed by atoms with van der Waals surface area (Å²) in [6.45, 7) is 3.02. The molecule has 0 aromatic carbocycles. The summed E-state index contributed by atoms with van der Waals surface area (Å²) in [5, 5.41) is 6.59. The Hall–Kier alpha value is -1.17. The minimum Gasteiger partial charge on any atom is -0.369 e. The van der Waals surface area contributed by atoms with Crippen LogP contribution in [0.4, 0.5) is 11.6 Å². The molecular weight excluding hydrogens is 248 g/mol. The molecular formula is C12H20N4OS. The van der Waals surface area contributed by atoms with Crippen LogP contribution in [-0.2, 0) is 10.8 Å². The monoisotopic (exact) mass is 268 g/mol. The Morgan fingerprint density at radius 3 is 2.78 bits per heavy atom. The van der Waals surface area contributed by atoms with Gasteiger partial charge in [0.15, 0.2) is 0 Å². The molecule has 1 fully saturated rings. The van der Waals surface area contributed by atoms with E-state index in [0.717, 1.165) is 48.9 Å². The lowest BCUT2D eigenvalue weighted by molar-refractivity contribution is 0.622. The number of rotatable bonds is 5. The Morgan fingerprint density at radius 2 is 2.06 bits per heavy atom. The van der Waals surface area contributed by atoms with E-state index in [4.69, 9.17) is 0 Å². The number of hydrogen-bond donors (Lipinski definition) is 2. The molecule has 0 bridgehead atoms. The number of nitrogens with one attached hydrogen (secondary N) is 2. The molecule has 2 rings (SSSR count). The number of anilines is 2. The molecule has 100 valence electrons. The Bertz CT molecular complexity index is 403. The first-order valence-corrected chi connectivity index (χ1v) is 7.94. The molecule has 6 heteroatoms. The summed E-state index contributed by atoms with van der Waals surface area (Å²) in [5.74, 6) is 3.19. The topological polar surface area (TPSA) is 66.9 Å². The highest BCUT2D eigenvalue weighted by molar-refractivity contribution is 7.85. The van der Waals surface area contributed by atoms with Gasteiger partial charge in [-0.1, -0.05) is 6.92 Å². The zero-order valence-electron chi connectivity index (χ0n) is 10.7. The second-order valence-electron chi connectivity index (χ2n) is 4.48. The van der Waals surface area contributed by atoms with Crippen molar-refractivity contribution in [2.45, 2.75) is 32.2 Å². The third kappa shape index (κ3) is 3.94. The maximum atomic E-state index is 11.3. The molecule has 1 saturated heterocycles. The zero-order valence-corrected chi connectivity index (χ0v) is 11.5. The fraction of sp³-hybridized carbons (Fsp3) is 0.667. The summed E-state index contributed by atoms with van der Waals surface area (Å²) in [5.41, 5.74) is 0. The minimum absolute atomic E-state index is 0.374. The Morgan fingerprint density at radius 1 is 1.33 bits per heavy atom. The molecule has 0 atom stereocenters. The molecule has 0 saturated carbocycles. The van der Waals surface area contributed by atoms with E-state index in [1.54, 1.807) is 12.4 Å². The minimum atomic E-state index is -0.616. The van der Waals surface area contributed by atoms with Crippen LogP contribution in [0.2, 0.25) is 0 Å². The second kappa shape index (κ2) is 6.68. The Labute approximate surface area is 110 Å². The summed E-state index contributed by atoms with van der Waals surface area (Å²) in [4.78, 5) is 8.63. The summed E-state index contributed by atoms with van der Waals surface area (Å²) in [7, 11) is -0.616. The first-order chi connectivity index (χ1) is 8.78. The van der Waals surface area contributed by atoms with E-state index in [0.29, 0.717) is 6.04 Å². The van der Waals surface area contributed by atoms with E-state index in [2.05, 4.69) is 27.5 Å². The van der Waals surface area contributed by atoms with Crippen molar-refractivity contribution in [2.24, 2.45) is 0 Å². The number of nitrogens with zero attached hydrogens (tertiary/aromatic N) is 2. The normalized spacial score (nSPS) is 23.6. The van der Waals surface area contributed by atoms with Crippen LogP contribution in [0.1, 0.15) is 26.2 Å². The molecule has 0 radical (unpaired) electrons. The van der Waals surface area contributed by atoms with Crippen LogP contribution in [0.5, 0.6) is 0 Å². The summed E-state index contributed by atoms with van der Waals surface area (Å²) < 4.78 is 11.3. The lowest BCUT2D eigenvalue weighted by atomic mass is 10.1. The van der Waals surface area contributed by atoms with Crippen LogP contribution in [-0.4, -0.2) is 38.3 Å². The van der Waals surface area contributed by atoms with E-state index < -0.39 is 10.8 Å². The predicted octanol–water partition coefficient (Wildman–Crippen LogP) is 1.62. The van der Waals surface area contributed by atoms with Gasteiger partial charge in [0.25, 0.3) is 0 Å². The van der Waals surface area contributed by atoms with Crippen molar-refractivity contribution >= 4 is 22.4 Å². The fourth-order valence-electron chi connectivity index (χ4n) is 1.92. The van der Waals surface area contributed by atoms with Gasteiger partial charge in [0.2, 0.25) is 0 Å². The first kappa shape index (κ1) is 13.3. The van der Waals surface area contributed by atoms with E-state index in [1.807, 2.05) is 0 Å². The van der Waals surface area contributed by atoms with Gasteiger partial charge in [-0.2, -0.15) is 0 Å². The molecule has 1 aliphatic heterocycles. The predicted molar refractivity (Wildman–Crippen MR) is 75.3 cm³/mol. The number of aromatic nitrogens is 2. The van der Waals surface area contributed by atoms with E-state index in [9.17, 15) is 4.21 Å². The second-order valence-corrected chi connectivity index (χ2v) is 6.18. The highest BCUT2D eigenvalue weighted by Crippen LogP contribution is 2.15. The van der Waals surface area contributed by atoms with Crippen molar-refractivity contribution in [1.29, 1.82) is 0 Å². The van der Waals surface area contributed by atoms with Crippen molar-refractivity contribution in [3.8, 4) is 0 Å². The van der Waals surface area contributed by atoms with Crippen LogP contribution in [0.15, 0.2) is 12.4 Å². The molecule has 2 N–H and O–H groups in total. The van der Waals surface area contributed by atoms with Crippen LogP contribution in [0.3, 0.4) is 0 Å². The van der Waals surface area contributed by atoms with Gasteiger partial charge in [0.1, 0.15) is 11.6 Å². The third-order valence-corrected chi connectivity index (χ3v) is 4.31. The quantitative estimate of drug-likeness (QED) is 0.849.